The smallest absolute Gasteiger partial charge is 0.486 e. The minimum atomic E-state index is -0.397. The van der Waals surface area contributed by atoms with Gasteiger partial charge >= 0.3 is 7.12 Å². The average molecular weight is 373 g/mol. The van der Waals surface area contributed by atoms with E-state index in [0.29, 0.717) is 5.88 Å². The Kier molecular flexibility index (Phi) is 5.66. The molecule has 0 bridgehead atoms. The fraction of sp³-hybridized carbons (Fsp3) is 0.429. The zero-order valence-electron chi connectivity index (χ0n) is 15.9. The summed E-state index contributed by atoms with van der Waals surface area (Å²) >= 11 is 5.99. The van der Waals surface area contributed by atoms with Crippen molar-refractivity contribution in [3.05, 3.63) is 60.2 Å². The topological polar surface area (TPSA) is 27.7 Å². The van der Waals surface area contributed by atoms with Crippen LogP contribution >= 0.6 is 11.6 Å². The highest BCUT2D eigenvalue weighted by atomic mass is 35.5. The Morgan fingerprint density at radius 3 is 2.23 bits per heavy atom. The molecule has 138 valence electrons. The van der Waals surface area contributed by atoms with E-state index >= 15 is 0 Å². The second kappa shape index (κ2) is 7.63. The van der Waals surface area contributed by atoms with Crippen LogP contribution in [-0.2, 0) is 9.31 Å². The Hall–Kier alpha value is -1.49. The van der Waals surface area contributed by atoms with E-state index in [1.54, 1.807) is 0 Å². The summed E-state index contributed by atoms with van der Waals surface area (Å²) in [5.74, 6) is 1.33. The number of benzene rings is 2. The molecule has 0 spiro atoms. The molecule has 3 nitrogen and oxygen atoms in total. The van der Waals surface area contributed by atoms with E-state index in [1.165, 1.54) is 0 Å². The fourth-order valence-electron chi connectivity index (χ4n) is 2.94. The largest absolute Gasteiger partial charge is 0.494 e. The van der Waals surface area contributed by atoms with Gasteiger partial charge in [-0.05, 0) is 50.9 Å². The molecule has 1 heterocycles. The van der Waals surface area contributed by atoms with E-state index in [-0.39, 0.29) is 17.3 Å². The SMILES string of the molecule is CC1(C)OB(c2cccc(O[C@H](CCCl)c3ccccc3)c2)OC1(C)C. The minimum absolute atomic E-state index is 0.0813. The van der Waals surface area contributed by atoms with Crippen LogP contribution in [0.1, 0.15) is 45.8 Å². The first-order valence-electron chi connectivity index (χ1n) is 9.05. The summed E-state index contributed by atoms with van der Waals surface area (Å²) < 4.78 is 18.5. The summed E-state index contributed by atoms with van der Waals surface area (Å²) in [4.78, 5) is 0. The van der Waals surface area contributed by atoms with Crippen LogP contribution in [-0.4, -0.2) is 24.2 Å². The second-order valence-corrected chi connectivity index (χ2v) is 8.03. The van der Waals surface area contributed by atoms with Gasteiger partial charge in [-0.3, -0.25) is 0 Å². The van der Waals surface area contributed by atoms with Gasteiger partial charge in [-0.1, -0.05) is 42.5 Å². The molecule has 0 aromatic heterocycles. The molecule has 1 fully saturated rings. The standard InChI is InChI=1S/C21H26BClO3/c1-20(2)21(3,4)26-22(25-20)17-11-8-12-18(15-17)24-19(13-14-23)16-9-6-5-7-10-16/h5-12,15,19H,13-14H2,1-4H3/t19-/m1/s1. The first-order chi connectivity index (χ1) is 12.3. The second-order valence-electron chi connectivity index (χ2n) is 7.66. The highest BCUT2D eigenvalue weighted by molar-refractivity contribution is 6.62. The number of alkyl halides is 1. The predicted octanol–water partition coefficient (Wildman–Crippen LogP) is 4.73. The molecule has 0 radical (unpaired) electrons. The van der Waals surface area contributed by atoms with Gasteiger partial charge in [0.1, 0.15) is 11.9 Å². The van der Waals surface area contributed by atoms with Crippen LogP contribution in [0.5, 0.6) is 5.75 Å². The predicted molar refractivity (Wildman–Crippen MR) is 107 cm³/mol. The molecule has 1 aliphatic rings. The number of ether oxygens (including phenoxy) is 1. The van der Waals surface area contributed by atoms with Gasteiger partial charge in [-0.2, -0.15) is 0 Å². The van der Waals surface area contributed by atoms with Crippen molar-refractivity contribution < 1.29 is 14.0 Å². The molecule has 26 heavy (non-hydrogen) atoms. The summed E-state index contributed by atoms with van der Waals surface area (Å²) in [6.45, 7) is 8.22. The molecular formula is C21H26BClO3. The van der Waals surface area contributed by atoms with Crippen molar-refractivity contribution in [2.75, 3.05) is 5.88 Å². The fourth-order valence-corrected chi connectivity index (χ4v) is 3.14. The molecule has 0 N–H and O–H groups in total. The third-order valence-electron chi connectivity index (χ3n) is 5.20. The molecule has 0 aliphatic carbocycles. The maximum Gasteiger partial charge on any atom is 0.494 e. The van der Waals surface area contributed by atoms with Gasteiger partial charge in [0, 0.05) is 12.3 Å². The Bertz CT molecular complexity index is 717. The lowest BCUT2D eigenvalue weighted by molar-refractivity contribution is 0.00578. The monoisotopic (exact) mass is 372 g/mol. The number of rotatable bonds is 6. The van der Waals surface area contributed by atoms with E-state index in [0.717, 1.165) is 23.2 Å². The Morgan fingerprint density at radius 2 is 1.62 bits per heavy atom. The van der Waals surface area contributed by atoms with Crippen molar-refractivity contribution in [2.45, 2.75) is 51.4 Å². The van der Waals surface area contributed by atoms with Crippen LogP contribution in [0.2, 0.25) is 0 Å². The molecule has 5 heteroatoms. The van der Waals surface area contributed by atoms with E-state index in [9.17, 15) is 0 Å². The molecule has 1 atom stereocenters. The Balaban J connectivity index is 1.79. The van der Waals surface area contributed by atoms with Gasteiger partial charge < -0.3 is 14.0 Å². The number of halogens is 1. The van der Waals surface area contributed by atoms with Gasteiger partial charge in [0.2, 0.25) is 0 Å². The zero-order valence-corrected chi connectivity index (χ0v) is 16.6. The van der Waals surface area contributed by atoms with Crippen LogP contribution in [0.25, 0.3) is 0 Å². The molecular weight excluding hydrogens is 346 g/mol. The van der Waals surface area contributed by atoms with Crippen molar-refractivity contribution in [2.24, 2.45) is 0 Å². The van der Waals surface area contributed by atoms with E-state index in [1.807, 2.05) is 42.5 Å². The lowest BCUT2D eigenvalue weighted by atomic mass is 9.79. The van der Waals surface area contributed by atoms with Crippen LogP contribution in [0, 0.1) is 0 Å². The summed E-state index contributed by atoms with van der Waals surface area (Å²) in [5, 5.41) is 0. The highest BCUT2D eigenvalue weighted by Gasteiger charge is 2.51. The molecule has 0 saturated carbocycles. The molecule has 2 aromatic carbocycles. The van der Waals surface area contributed by atoms with Gasteiger partial charge in [0.15, 0.2) is 0 Å². The molecule has 0 unspecified atom stereocenters. The maximum atomic E-state index is 6.25. The van der Waals surface area contributed by atoms with Gasteiger partial charge in [-0.15, -0.1) is 11.6 Å². The number of hydrogen-bond donors (Lipinski definition) is 0. The molecule has 1 aliphatic heterocycles. The van der Waals surface area contributed by atoms with Gasteiger partial charge in [0.05, 0.1) is 11.2 Å². The highest BCUT2D eigenvalue weighted by Crippen LogP contribution is 2.36. The summed E-state index contributed by atoms with van der Waals surface area (Å²) in [6.07, 6.45) is 0.661. The third kappa shape index (κ3) is 4.08. The average Bonchev–Trinajstić information content (AvgIpc) is 2.83. The van der Waals surface area contributed by atoms with Crippen LogP contribution < -0.4 is 10.2 Å². The van der Waals surface area contributed by atoms with Crippen molar-refractivity contribution in [3.63, 3.8) is 0 Å². The first kappa shape index (κ1) is 19.3. The first-order valence-corrected chi connectivity index (χ1v) is 9.59. The van der Waals surface area contributed by atoms with E-state index in [2.05, 4.69) is 39.8 Å². The summed E-state index contributed by atoms with van der Waals surface area (Å²) in [6, 6.07) is 18.1. The summed E-state index contributed by atoms with van der Waals surface area (Å²) in [7, 11) is -0.397. The summed E-state index contributed by atoms with van der Waals surface area (Å²) in [5.41, 5.74) is 1.35. The molecule has 3 rings (SSSR count). The van der Waals surface area contributed by atoms with Crippen molar-refractivity contribution in [1.82, 2.24) is 0 Å². The zero-order chi connectivity index (χ0) is 18.8. The van der Waals surface area contributed by atoms with Crippen molar-refractivity contribution >= 4 is 24.2 Å². The normalized spacial score (nSPS) is 19.3. The lowest BCUT2D eigenvalue weighted by Crippen LogP contribution is -2.41. The van der Waals surface area contributed by atoms with Gasteiger partial charge in [0.25, 0.3) is 0 Å². The van der Waals surface area contributed by atoms with Crippen molar-refractivity contribution in [1.29, 1.82) is 0 Å². The van der Waals surface area contributed by atoms with Crippen molar-refractivity contribution in [3.8, 4) is 5.75 Å². The number of hydrogen-bond acceptors (Lipinski definition) is 3. The quantitative estimate of drug-likeness (QED) is 0.542. The minimum Gasteiger partial charge on any atom is -0.486 e. The Morgan fingerprint density at radius 1 is 0.962 bits per heavy atom. The van der Waals surface area contributed by atoms with Crippen LogP contribution in [0.3, 0.4) is 0 Å². The molecule has 1 saturated heterocycles. The van der Waals surface area contributed by atoms with E-state index < -0.39 is 7.12 Å². The molecule has 0 amide bonds. The van der Waals surface area contributed by atoms with Gasteiger partial charge in [-0.25, -0.2) is 0 Å². The lowest BCUT2D eigenvalue weighted by Gasteiger charge is -2.32. The van der Waals surface area contributed by atoms with Crippen LogP contribution in [0.15, 0.2) is 54.6 Å². The maximum absolute atomic E-state index is 6.25. The van der Waals surface area contributed by atoms with E-state index in [4.69, 9.17) is 25.6 Å². The Labute approximate surface area is 161 Å². The molecule has 2 aromatic rings. The third-order valence-corrected chi connectivity index (χ3v) is 5.42. The van der Waals surface area contributed by atoms with Crippen LogP contribution in [0.4, 0.5) is 0 Å².